The number of ketones is 1. The second-order valence-corrected chi connectivity index (χ2v) is 5.26. The van der Waals surface area contributed by atoms with E-state index >= 15 is 0 Å². The Kier molecular flexibility index (Phi) is 2.86. The van der Waals surface area contributed by atoms with E-state index in [1.54, 1.807) is 0 Å². The van der Waals surface area contributed by atoms with Crippen molar-refractivity contribution in [1.29, 1.82) is 0 Å². The lowest BCUT2D eigenvalue weighted by atomic mass is 9.87. The maximum absolute atomic E-state index is 12.7. The van der Waals surface area contributed by atoms with E-state index < -0.39 is 5.60 Å². The molecule has 18 heavy (non-hydrogen) atoms. The number of benzene rings is 1. The van der Waals surface area contributed by atoms with Gasteiger partial charge < -0.3 is 9.47 Å². The van der Waals surface area contributed by atoms with E-state index in [1.807, 2.05) is 25.1 Å². The van der Waals surface area contributed by atoms with Gasteiger partial charge in [-0.05, 0) is 37.8 Å². The first-order chi connectivity index (χ1) is 8.71. The van der Waals surface area contributed by atoms with Crippen LogP contribution in [-0.2, 0) is 11.2 Å². The molecule has 1 aromatic carbocycles. The van der Waals surface area contributed by atoms with Gasteiger partial charge in [0, 0.05) is 13.0 Å². The quantitative estimate of drug-likeness (QED) is 0.753. The van der Waals surface area contributed by atoms with Gasteiger partial charge in [0.2, 0.25) is 0 Å². The molecule has 0 N–H and O–H groups in total. The summed E-state index contributed by atoms with van der Waals surface area (Å²) in [5, 5.41) is 0. The number of rotatable bonds is 2. The number of ether oxygens (including phenoxy) is 2. The van der Waals surface area contributed by atoms with Gasteiger partial charge in [0.15, 0.2) is 5.78 Å². The molecular formula is C15H18O3. The summed E-state index contributed by atoms with van der Waals surface area (Å²) in [6.45, 7) is 3.26. The number of carbonyl (C=O) groups excluding carboxylic acids is 1. The topological polar surface area (TPSA) is 35.5 Å². The first-order valence-corrected chi connectivity index (χ1v) is 6.64. The van der Waals surface area contributed by atoms with Crippen LogP contribution in [0.5, 0.6) is 5.75 Å². The van der Waals surface area contributed by atoms with Gasteiger partial charge in [-0.1, -0.05) is 12.1 Å². The molecule has 3 rings (SSSR count). The summed E-state index contributed by atoms with van der Waals surface area (Å²) in [6, 6.07) is 5.83. The highest BCUT2D eigenvalue weighted by Crippen LogP contribution is 2.35. The number of hydrogen-bond donors (Lipinski definition) is 0. The molecule has 3 nitrogen and oxygen atoms in total. The van der Waals surface area contributed by atoms with Crippen molar-refractivity contribution in [2.75, 3.05) is 13.2 Å². The zero-order valence-electron chi connectivity index (χ0n) is 10.7. The molecule has 1 unspecified atom stereocenters. The molecule has 0 spiro atoms. The molecular weight excluding hydrogens is 228 g/mol. The third-order valence-corrected chi connectivity index (χ3v) is 3.91. The molecule has 1 atom stereocenters. The Morgan fingerprint density at radius 2 is 2.17 bits per heavy atom. The Hall–Kier alpha value is -1.35. The lowest BCUT2D eigenvalue weighted by Crippen LogP contribution is -2.41. The maximum Gasteiger partial charge on any atom is 0.198 e. The van der Waals surface area contributed by atoms with Crippen LogP contribution < -0.4 is 4.74 Å². The van der Waals surface area contributed by atoms with Crippen molar-refractivity contribution in [1.82, 2.24) is 0 Å². The third kappa shape index (κ3) is 1.83. The molecule has 0 saturated carbocycles. The Bertz CT molecular complexity index is 473. The summed E-state index contributed by atoms with van der Waals surface area (Å²) in [5.41, 5.74) is 1.16. The highest BCUT2D eigenvalue weighted by Gasteiger charge is 2.38. The fourth-order valence-electron chi connectivity index (χ4n) is 2.79. The smallest absolute Gasteiger partial charge is 0.198 e. The Labute approximate surface area is 107 Å². The molecule has 0 radical (unpaired) electrons. The van der Waals surface area contributed by atoms with Crippen molar-refractivity contribution < 1.29 is 14.3 Å². The molecule has 0 bridgehead atoms. The lowest BCUT2D eigenvalue weighted by Gasteiger charge is -2.32. The Morgan fingerprint density at radius 1 is 1.28 bits per heavy atom. The second-order valence-electron chi connectivity index (χ2n) is 5.26. The number of para-hydroxylation sites is 1. The Balaban J connectivity index is 1.95. The van der Waals surface area contributed by atoms with Crippen molar-refractivity contribution in [2.45, 2.75) is 38.2 Å². The summed E-state index contributed by atoms with van der Waals surface area (Å²) in [5.74, 6) is 0.846. The van der Waals surface area contributed by atoms with Crippen LogP contribution in [-0.4, -0.2) is 24.6 Å². The lowest BCUT2D eigenvalue weighted by molar-refractivity contribution is -0.0427. The van der Waals surface area contributed by atoms with E-state index in [0.29, 0.717) is 18.8 Å². The van der Waals surface area contributed by atoms with Crippen LogP contribution in [0, 0.1) is 0 Å². The molecule has 0 aliphatic carbocycles. The zero-order chi connectivity index (χ0) is 12.6. The van der Waals surface area contributed by atoms with Crippen molar-refractivity contribution in [3.8, 4) is 5.75 Å². The molecule has 0 amide bonds. The first-order valence-electron chi connectivity index (χ1n) is 6.64. The van der Waals surface area contributed by atoms with E-state index in [2.05, 4.69) is 0 Å². The van der Waals surface area contributed by atoms with Gasteiger partial charge in [-0.3, -0.25) is 4.79 Å². The molecule has 2 heterocycles. The van der Waals surface area contributed by atoms with Gasteiger partial charge >= 0.3 is 0 Å². The SMILES string of the molecule is CC1(C(=O)c2cccc3c2OCC3)CCCCO1. The summed E-state index contributed by atoms with van der Waals surface area (Å²) in [6.07, 6.45) is 3.80. The van der Waals surface area contributed by atoms with E-state index in [0.717, 1.165) is 37.0 Å². The van der Waals surface area contributed by atoms with E-state index in [9.17, 15) is 4.79 Å². The van der Waals surface area contributed by atoms with Crippen molar-refractivity contribution in [2.24, 2.45) is 0 Å². The van der Waals surface area contributed by atoms with Crippen LogP contribution in [0.25, 0.3) is 0 Å². The molecule has 1 saturated heterocycles. The summed E-state index contributed by atoms with van der Waals surface area (Å²) < 4.78 is 11.3. The molecule has 2 aliphatic rings. The molecule has 1 aromatic rings. The standard InChI is InChI=1S/C15H18O3/c1-15(8-2-3-9-18-15)14(16)12-6-4-5-11-7-10-17-13(11)12/h4-6H,2-3,7-10H2,1H3. The average molecular weight is 246 g/mol. The minimum absolute atomic E-state index is 0.0703. The highest BCUT2D eigenvalue weighted by atomic mass is 16.5. The number of carbonyl (C=O) groups is 1. The summed E-state index contributed by atoms with van der Waals surface area (Å²) in [4.78, 5) is 12.7. The molecule has 0 aromatic heterocycles. The van der Waals surface area contributed by atoms with Crippen LogP contribution in [0.3, 0.4) is 0 Å². The summed E-state index contributed by atoms with van der Waals surface area (Å²) in [7, 11) is 0. The largest absolute Gasteiger partial charge is 0.492 e. The predicted octanol–water partition coefficient (Wildman–Crippen LogP) is 2.76. The molecule has 3 heteroatoms. The predicted molar refractivity (Wildman–Crippen MR) is 68.2 cm³/mol. The first kappa shape index (κ1) is 11.7. The van der Waals surface area contributed by atoms with Gasteiger partial charge in [-0.15, -0.1) is 0 Å². The second kappa shape index (κ2) is 4.39. The van der Waals surface area contributed by atoms with E-state index in [-0.39, 0.29) is 5.78 Å². The fraction of sp³-hybridized carbons (Fsp3) is 0.533. The summed E-state index contributed by atoms with van der Waals surface area (Å²) >= 11 is 0. The van der Waals surface area contributed by atoms with Gasteiger partial charge in [0.1, 0.15) is 11.4 Å². The minimum Gasteiger partial charge on any atom is -0.492 e. The average Bonchev–Trinajstić information content (AvgIpc) is 2.87. The maximum atomic E-state index is 12.7. The number of fused-ring (bicyclic) bond motifs is 1. The number of Topliss-reactive ketones (excluding diaryl/α,β-unsaturated/α-hetero) is 1. The van der Waals surface area contributed by atoms with Crippen LogP contribution in [0.4, 0.5) is 0 Å². The zero-order valence-corrected chi connectivity index (χ0v) is 10.7. The van der Waals surface area contributed by atoms with Gasteiger partial charge in [0.05, 0.1) is 12.2 Å². The third-order valence-electron chi connectivity index (χ3n) is 3.91. The van der Waals surface area contributed by atoms with Crippen molar-refractivity contribution in [3.63, 3.8) is 0 Å². The van der Waals surface area contributed by atoms with Gasteiger partial charge in [-0.25, -0.2) is 0 Å². The van der Waals surface area contributed by atoms with Crippen LogP contribution in [0.2, 0.25) is 0 Å². The molecule has 2 aliphatic heterocycles. The van der Waals surface area contributed by atoms with Crippen LogP contribution in [0.15, 0.2) is 18.2 Å². The van der Waals surface area contributed by atoms with Crippen LogP contribution >= 0.6 is 0 Å². The van der Waals surface area contributed by atoms with Crippen molar-refractivity contribution >= 4 is 5.78 Å². The van der Waals surface area contributed by atoms with Crippen molar-refractivity contribution in [3.05, 3.63) is 29.3 Å². The van der Waals surface area contributed by atoms with E-state index in [4.69, 9.17) is 9.47 Å². The number of hydrogen-bond acceptors (Lipinski definition) is 3. The minimum atomic E-state index is -0.667. The van der Waals surface area contributed by atoms with E-state index in [1.165, 1.54) is 0 Å². The van der Waals surface area contributed by atoms with Crippen LogP contribution in [0.1, 0.15) is 42.1 Å². The monoisotopic (exact) mass is 246 g/mol. The van der Waals surface area contributed by atoms with Gasteiger partial charge in [0.25, 0.3) is 0 Å². The molecule has 1 fully saturated rings. The Morgan fingerprint density at radius 3 is 2.94 bits per heavy atom. The fourth-order valence-corrected chi connectivity index (χ4v) is 2.79. The normalized spacial score (nSPS) is 26.5. The highest BCUT2D eigenvalue weighted by molar-refractivity contribution is 6.04. The molecule has 96 valence electrons. The van der Waals surface area contributed by atoms with Gasteiger partial charge in [-0.2, -0.15) is 0 Å².